The lowest BCUT2D eigenvalue weighted by Crippen LogP contribution is -2.18. The van der Waals surface area contributed by atoms with Gasteiger partial charge in [-0.3, -0.25) is 0 Å². The lowest BCUT2D eigenvalue weighted by atomic mass is 9.77. The van der Waals surface area contributed by atoms with Gasteiger partial charge in [0, 0.05) is 16.5 Å². The van der Waals surface area contributed by atoms with Gasteiger partial charge in [0.05, 0.1) is 11.4 Å². The highest BCUT2D eigenvalue weighted by atomic mass is 14.9. The van der Waals surface area contributed by atoms with E-state index in [1.54, 1.807) is 0 Å². The predicted molar refractivity (Wildman–Crippen MR) is 181 cm³/mol. The number of nitrogens with zero attached hydrogens (tertiary/aromatic N) is 2. The van der Waals surface area contributed by atoms with E-state index in [-0.39, 0.29) is 5.41 Å². The Morgan fingerprint density at radius 1 is 0.535 bits per heavy atom. The van der Waals surface area contributed by atoms with Crippen molar-refractivity contribution in [1.82, 2.24) is 9.97 Å². The first-order valence-electron chi connectivity index (χ1n) is 15.1. The van der Waals surface area contributed by atoms with Gasteiger partial charge >= 0.3 is 0 Å². The van der Waals surface area contributed by atoms with Crippen LogP contribution in [-0.2, 0) is 5.41 Å². The van der Waals surface area contributed by atoms with Gasteiger partial charge in [0.25, 0.3) is 0 Å². The van der Waals surface area contributed by atoms with E-state index < -0.39 is 0 Å². The minimum atomic E-state index is -0.155. The molecule has 0 saturated carbocycles. The van der Waals surface area contributed by atoms with Crippen molar-refractivity contribution in [3.05, 3.63) is 162 Å². The van der Waals surface area contributed by atoms with Gasteiger partial charge < -0.3 is 0 Å². The van der Waals surface area contributed by atoms with Gasteiger partial charge in [-0.05, 0) is 63.6 Å². The summed E-state index contributed by atoms with van der Waals surface area (Å²) in [6.07, 6.45) is 8.56. The first kappa shape index (κ1) is 26.8. The zero-order chi connectivity index (χ0) is 29.2. The molecule has 0 bridgehead atoms. The standard InChI is InChI=1S/C41H34N2/c1-41(2,36-23-19-30(20-24-36)35-18-17-29-11-9-10-16-34(29)27-35)37-25-21-33(22-26-37)40-42-38(31-12-5-3-6-13-31)28-39(43-40)32-14-7-4-8-15-32/h3-7,9-14,16-28H,8,15H2,1-2H3. The molecule has 1 heterocycles. The van der Waals surface area contributed by atoms with E-state index in [2.05, 4.69) is 153 Å². The van der Waals surface area contributed by atoms with Crippen LogP contribution in [0.2, 0.25) is 0 Å². The largest absolute Gasteiger partial charge is 0.228 e. The lowest BCUT2D eigenvalue weighted by molar-refractivity contribution is 0.641. The molecule has 0 unspecified atom stereocenters. The van der Waals surface area contributed by atoms with Gasteiger partial charge in [-0.2, -0.15) is 0 Å². The number of fused-ring (bicyclic) bond motifs is 1. The molecule has 1 aromatic heterocycles. The fraction of sp³-hybridized carbons (Fsp3) is 0.122. The highest BCUT2D eigenvalue weighted by Crippen LogP contribution is 2.35. The van der Waals surface area contributed by atoms with Crippen LogP contribution in [0.3, 0.4) is 0 Å². The summed E-state index contributed by atoms with van der Waals surface area (Å²) in [5.41, 5.74) is 10.2. The fourth-order valence-electron chi connectivity index (χ4n) is 5.96. The summed E-state index contributed by atoms with van der Waals surface area (Å²) in [5, 5.41) is 2.53. The Morgan fingerprint density at radius 3 is 1.86 bits per heavy atom. The van der Waals surface area contributed by atoms with E-state index in [0.717, 1.165) is 41.2 Å². The Hall–Kier alpha value is -5.08. The number of allylic oxidation sites excluding steroid dienone is 4. The molecular weight excluding hydrogens is 520 g/mol. The van der Waals surface area contributed by atoms with Gasteiger partial charge in [-0.1, -0.05) is 147 Å². The molecule has 0 N–H and O–H groups in total. The quantitative estimate of drug-likeness (QED) is 0.205. The second kappa shape index (κ2) is 11.3. The van der Waals surface area contributed by atoms with Crippen molar-refractivity contribution in [2.45, 2.75) is 32.1 Å². The van der Waals surface area contributed by atoms with E-state index in [1.807, 2.05) is 6.07 Å². The van der Waals surface area contributed by atoms with Crippen LogP contribution in [0, 0.1) is 0 Å². The molecule has 1 aliphatic carbocycles. The van der Waals surface area contributed by atoms with Gasteiger partial charge in [0.2, 0.25) is 0 Å². The van der Waals surface area contributed by atoms with E-state index >= 15 is 0 Å². The Labute approximate surface area is 254 Å². The lowest BCUT2D eigenvalue weighted by Gasteiger charge is -2.26. The zero-order valence-corrected chi connectivity index (χ0v) is 24.7. The molecule has 0 saturated heterocycles. The molecule has 0 radical (unpaired) electrons. The van der Waals surface area contributed by atoms with Crippen molar-refractivity contribution in [3.8, 4) is 33.8 Å². The van der Waals surface area contributed by atoms with Crippen molar-refractivity contribution < 1.29 is 0 Å². The number of rotatable bonds is 6. The van der Waals surface area contributed by atoms with E-state index in [4.69, 9.17) is 9.97 Å². The second-order valence-electron chi connectivity index (χ2n) is 11.8. The summed E-state index contributed by atoms with van der Waals surface area (Å²) in [4.78, 5) is 10.1. The monoisotopic (exact) mass is 554 g/mol. The highest BCUT2D eigenvalue weighted by Gasteiger charge is 2.23. The number of benzene rings is 5. The summed E-state index contributed by atoms with van der Waals surface area (Å²) in [5.74, 6) is 0.760. The Balaban J connectivity index is 1.18. The number of hydrogen-bond acceptors (Lipinski definition) is 2. The number of aromatic nitrogens is 2. The third-order valence-electron chi connectivity index (χ3n) is 8.69. The average Bonchev–Trinajstić information content (AvgIpc) is 3.09. The summed E-state index contributed by atoms with van der Waals surface area (Å²) >= 11 is 0. The molecule has 0 spiro atoms. The minimum absolute atomic E-state index is 0.155. The molecule has 2 heteroatoms. The number of hydrogen-bond donors (Lipinski definition) is 0. The summed E-state index contributed by atoms with van der Waals surface area (Å²) < 4.78 is 0. The minimum Gasteiger partial charge on any atom is -0.228 e. The predicted octanol–water partition coefficient (Wildman–Crippen LogP) is 10.7. The Morgan fingerprint density at radius 2 is 1.16 bits per heavy atom. The van der Waals surface area contributed by atoms with Crippen molar-refractivity contribution in [1.29, 1.82) is 0 Å². The van der Waals surface area contributed by atoms with Crippen LogP contribution in [0.15, 0.2) is 146 Å². The Bertz CT molecular complexity index is 1960. The highest BCUT2D eigenvalue weighted by molar-refractivity contribution is 5.87. The molecule has 2 nitrogen and oxygen atoms in total. The molecule has 6 aromatic rings. The van der Waals surface area contributed by atoms with Crippen LogP contribution in [-0.4, -0.2) is 9.97 Å². The molecule has 0 atom stereocenters. The normalized spacial score (nSPS) is 13.2. The summed E-state index contributed by atoms with van der Waals surface area (Å²) in [6, 6.07) is 45.5. The maximum absolute atomic E-state index is 5.05. The third-order valence-corrected chi connectivity index (χ3v) is 8.69. The van der Waals surface area contributed by atoms with Crippen molar-refractivity contribution in [2.75, 3.05) is 0 Å². The van der Waals surface area contributed by atoms with Gasteiger partial charge in [0.15, 0.2) is 5.82 Å². The van der Waals surface area contributed by atoms with Crippen LogP contribution >= 0.6 is 0 Å². The molecule has 0 amide bonds. The van der Waals surface area contributed by atoms with Crippen LogP contribution in [0.4, 0.5) is 0 Å². The maximum atomic E-state index is 5.05. The van der Waals surface area contributed by atoms with Gasteiger partial charge in [-0.25, -0.2) is 9.97 Å². The first-order chi connectivity index (χ1) is 21.0. The van der Waals surface area contributed by atoms with Crippen LogP contribution in [0.25, 0.3) is 50.1 Å². The van der Waals surface area contributed by atoms with Crippen LogP contribution in [0.5, 0.6) is 0 Å². The topological polar surface area (TPSA) is 25.8 Å². The van der Waals surface area contributed by atoms with E-state index in [9.17, 15) is 0 Å². The summed E-state index contributed by atoms with van der Waals surface area (Å²) in [7, 11) is 0. The van der Waals surface area contributed by atoms with Crippen molar-refractivity contribution in [2.24, 2.45) is 0 Å². The first-order valence-corrected chi connectivity index (χ1v) is 15.1. The molecule has 0 aliphatic heterocycles. The van der Waals surface area contributed by atoms with Gasteiger partial charge in [-0.15, -0.1) is 0 Å². The summed E-state index contributed by atoms with van der Waals surface area (Å²) in [6.45, 7) is 4.58. The molecule has 1 aliphatic rings. The van der Waals surface area contributed by atoms with Crippen molar-refractivity contribution in [3.63, 3.8) is 0 Å². The Kier molecular flexibility index (Phi) is 7.04. The second-order valence-corrected chi connectivity index (χ2v) is 11.8. The van der Waals surface area contributed by atoms with Crippen LogP contribution < -0.4 is 0 Å². The van der Waals surface area contributed by atoms with Crippen molar-refractivity contribution >= 4 is 16.3 Å². The third kappa shape index (κ3) is 5.45. The molecule has 43 heavy (non-hydrogen) atoms. The fourth-order valence-corrected chi connectivity index (χ4v) is 5.96. The van der Waals surface area contributed by atoms with Gasteiger partial charge in [0.1, 0.15) is 0 Å². The zero-order valence-electron chi connectivity index (χ0n) is 24.7. The van der Waals surface area contributed by atoms with E-state index in [1.165, 1.54) is 38.6 Å². The molecule has 7 rings (SSSR count). The molecule has 5 aromatic carbocycles. The SMILES string of the molecule is CC(C)(c1ccc(-c2ccc3ccccc3c2)cc1)c1ccc(-c2nc(C3=CC=CCC3)cc(-c3ccccc3)n2)cc1. The average molecular weight is 555 g/mol. The maximum Gasteiger partial charge on any atom is 0.160 e. The molecule has 0 fully saturated rings. The van der Waals surface area contributed by atoms with Crippen LogP contribution in [0.1, 0.15) is 43.5 Å². The molecule has 208 valence electrons. The van der Waals surface area contributed by atoms with E-state index in [0.29, 0.717) is 0 Å². The molecular formula is C41H34N2. The smallest absolute Gasteiger partial charge is 0.160 e.